The van der Waals surface area contributed by atoms with Gasteiger partial charge in [0.15, 0.2) is 5.78 Å². The van der Waals surface area contributed by atoms with Crippen LogP contribution in [0, 0.1) is 17.2 Å². The Bertz CT molecular complexity index is 1360. The van der Waals surface area contributed by atoms with Gasteiger partial charge in [0.25, 0.3) is 5.91 Å². The minimum atomic E-state index is -0.530. The number of rotatable bonds is 9. The molecule has 0 unspecified atom stereocenters. The summed E-state index contributed by atoms with van der Waals surface area (Å²) < 4.78 is 18.8. The van der Waals surface area contributed by atoms with Crippen LogP contribution in [0.3, 0.4) is 0 Å². The molecule has 0 bridgehead atoms. The number of anilines is 2. The van der Waals surface area contributed by atoms with Crippen molar-refractivity contribution in [2.24, 2.45) is 11.3 Å². The van der Waals surface area contributed by atoms with Crippen LogP contribution in [-0.2, 0) is 4.79 Å². The van der Waals surface area contributed by atoms with Crippen LogP contribution in [-0.4, -0.2) is 55.8 Å². The van der Waals surface area contributed by atoms with Gasteiger partial charge in [0.05, 0.1) is 12.8 Å². The number of para-hydroxylation sites is 2. The maximum Gasteiger partial charge on any atom is 0.258 e. The highest BCUT2D eigenvalue weighted by Crippen LogP contribution is 2.30. The summed E-state index contributed by atoms with van der Waals surface area (Å²) >= 11 is 0. The van der Waals surface area contributed by atoms with Crippen LogP contribution in [0.2, 0.25) is 0 Å². The lowest BCUT2D eigenvalue weighted by molar-refractivity contribution is -0.123. The third kappa shape index (κ3) is 7.58. The number of methoxy groups -OCH3 is 1. The number of piperidine rings is 1. The van der Waals surface area contributed by atoms with E-state index in [1.165, 1.54) is 12.1 Å². The molecule has 8 heteroatoms. The smallest absolute Gasteiger partial charge is 0.258 e. The fraction of sp³-hybridized carbons (Fsp3) is 0.364. The van der Waals surface area contributed by atoms with E-state index in [2.05, 4.69) is 10.2 Å². The van der Waals surface area contributed by atoms with E-state index in [9.17, 15) is 18.8 Å². The van der Waals surface area contributed by atoms with Gasteiger partial charge in [-0.1, -0.05) is 32.9 Å². The molecule has 1 aliphatic rings. The lowest BCUT2D eigenvalue weighted by Gasteiger charge is -2.33. The number of hydrogen-bond donors (Lipinski definition) is 1. The molecule has 0 aliphatic carbocycles. The first kappa shape index (κ1) is 29.9. The molecule has 1 heterocycles. The third-order valence-corrected chi connectivity index (χ3v) is 7.42. The second-order valence-corrected chi connectivity index (χ2v) is 11.4. The molecule has 7 nitrogen and oxygen atoms in total. The number of ketones is 1. The van der Waals surface area contributed by atoms with Crippen molar-refractivity contribution in [1.82, 2.24) is 4.90 Å². The van der Waals surface area contributed by atoms with Gasteiger partial charge in [-0.25, -0.2) is 4.39 Å². The van der Waals surface area contributed by atoms with Gasteiger partial charge in [-0.15, -0.1) is 0 Å². The Balaban J connectivity index is 1.44. The highest BCUT2D eigenvalue weighted by molar-refractivity contribution is 6.07. The van der Waals surface area contributed by atoms with Crippen molar-refractivity contribution in [2.75, 3.05) is 43.5 Å². The van der Waals surface area contributed by atoms with Crippen molar-refractivity contribution >= 4 is 29.0 Å². The van der Waals surface area contributed by atoms with Gasteiger partial charge >= 0.3 is 0 Å². The van der Waals surface area contributed by atoms with E-state index < -0.39 is 5.41 Å². The second kappa shape index (κ2) is 13.1. The zero-order valence-corrected chi connectivity index (χ0v) is 24.2. The van der Waals surface area contributed by atoms with Gasteiger partial charge in [-0.05, 0) is 86.6 Å². The average Bonchev–Trinajstić information content (AvgIpc) is 2.97. The lowest BCUT2D eigenvalue weighted by Crippen LogP contribution is -2.43. The van der Waals surface area contributed by atoms with Crippen molar-refractivity contribution in [1.29, 1.82) is 0 Å². The number of nitrogens with one attached hydrogen (secondary N) is 1. The summed E-state index contributed by atoms with van der Waals surface area (Å²) in [6.07, 6.45) is 1.42. The van der Waals surface area contributed by atoms with Crippen molar-refractivity contribution in [3.05, 3.63) is 89.7 Å². The minimum Gasteiger partial charge on any atom is -0.495 e. The fourth-order valence-electron chi connectivity index (χ4n) is 4.86. The first-order chi connectivity index (χ1) is 19.6. The normalized spacial score (nSPS) is 14.4. The van der Waals surface area contributed by atoms with E-state index in [-0.39, 0.29) is 29.3 Å². The number of carbonyl (C=O) groups is 3. The highest BCUT2D eigenvalue weighted by Gasteiger charge is 2.28. The molecule has 2 amide bonds. The summed E-state index contributed by atoms with van der Waals surface area (Å²) in [5.41, 5.74) is 1.81. The second-order valence-electron chi connectivity index (χ2n) is 11.4. The molecule has 0 radical (unpaired) electrons. The van der Waals surface area contributed by atoms with Crippen LogP contribution < -0.4 is 15.0 Å². The van der Waals surface area contributed by atoms with Crippen LogP contribution >= 0.6 is 0 Å². The molecule has 0 spiro atoms. The van der Waals surface area contributed by atoms with Crippen LogP contribution in [0.1, 0.15) is 54.3 Å². The maximum atomic E-state index is 13.8. The number of ether oxygens (including phenoxy) is 1. The standard InChI is InChI=1S/C33H38FN3O4/c1-33(2,3)32(40)35-27-15-11-25(12-16-27)31(39)37(28-7-5-6-8-29(28)41-4)22-21-36-19-17-24(18-20-36)30(38)23-9-13-26(34)14-10-23/h5-16,24H,17-22H2,1-4H3,(H,35,40). The number of amides is 2. The van der Waals surface area contributed by atoms with Crippen LogP contribution in [0.4, 0.5) is 15.8 Å². The average molecular weight is 560 g/mol. The van der Waals surface area contributed by atoms with E-state index in [0.29, 0.717) is 54.2 Å². The fourth-order valence-corrected chi connectivity index (χ4v) is 4.86. The molecule has 0 atom stereocenters. The van der Waals surface area contributed by atoms with Gasteiger partial charge in [0.2, 0.25) is 5.91 Å². The van der Waals surface area contributed by atoms with Crippen LogP contribution in [0.15, 0.2) is 72.8 Å². The summed E-state index contributed by atoms with van der Waals surface area (Å²) in [5.74, 6) is -0.0780. The van der Waals surface area contributed by atoms with E-state index >= 15 is 0 Å². The highest BCUT2D eigenvalue weighted by atomic mass is 19.1. The lowest BCUT2D eigenvalue weighted by atomic mass is 9.89. The van der Waals surface area contributed by atoms with Gasteiger partial charge < -0.3 is 19.9 Å². The van der Waals surface area contributed by atoms with E-state index in [0.717, 1.165) is 13.1 Å². The van der Waals surface area contributed by atoms with Gasteiger partial charge in [-0.3, -0.25) is 14.4 Å². The van der Waals surface area contributed by atoms with E-state index in [1.54, 1.807) is 48.4 Å². The number of carbonyl (C=O) groups excluding carboxylic acids is 3. The van der Waals surface area contributed by atoms with Crippen molar-refractivity contribution in [3.8, 4) is 5.75 Å². The summed E-state index contributed by atoms with van der Waals surface area (Å²) in [6.45, 7) is 8.05. The van der Waals surface area contributed by atoms with Crippen molar-refractivity contribution in [3.63, 3.8) is 0 Å². The molecule has 3 aromatic carbocycles. The zero-order valence-electron chi connectivity index (χ0n) is 24.2. The first-order valence-electron chi connectivity index (χ1n) is 14.0. The predicted molar refractivity (Wildman–Crippen MR) is 159 cm³/mol. The summed E-state index contributed by atoms with van der Waals surface area (Å²) in [4.78, 5) is 43.0. The molecule has 3 aromatic rings. The van der Waals surface area contributed by atoms with Crippen molar-refractivity contribution in [2.45, 2.75) is 33.6 Å². The van der Waals surface area contributed by atoms with Crippen LogP contribution in [0.25, 0.3) is 0 Å². The number of nitrogens with zero attached hydrogens (tertiary/aromatic N) is 2. The summed E-state index contributed by atoms with van der Waals surface area (Å²) in [6, 6.07) is 20.1. The predicted octanol–water partition coefficient (Wildman–Crippen LogP) is 6.06. The zero-order chi connectivity index (χ0) is 29.6. The Kier molecular flexibility index (Phi) is 9.55. The van der Waals surface area contributed by atoms with E-state index in [4.69, 9.17) is 4.74 Å². The summed E-state index contributed by atoms with van der Waals surface area (Å²) in [7, 11) is 1.58. The molecule has 1 N–H and O–H groups in total. The van der Waals surface area contributed by atoms with Crippen molar-refractivity contribution < 1.29 is 23.5 Å². The molecule has 0 saturated carbocycles. The topological polar surface area (TPSA) is 79.0 Å². The molecule has 4 rings (SSSR count). The maximum absolute atomic E-state index is 13.8. The summed E-state index contributed by atoms with van der Waals surface area (Å²) in [5, 5.41) is 2.89. The number of benzene rings is 3. The molecule has 0 aromatic heterocycles. The number of likely N-dealkylation sites (tertiary alicyclic amines) is 1. The Morgan fingerprint density at radius 2 is 1.54 bits per heavy atom. The Labute approximate surface area is 241 Å². The molecule has 1 fully saturated rings. The molecular formula is C33H38FN3O4. The minimum absolute atomic E-state index is 0.0533. The largest absolute Gasteiger partial charge is 0.495 e. The van der Waals surface area contributed by atoms with E-state index in [1.807, 2.05) is 45.0 Å². The van der Waals surface area contributed by atoms with Crippen LogP contribution in [0.5, 0.6) is 5.75 Å². The Morgan fingerprint density at radius 3 is 2.15 bits per heavy atom. The molecule has 1 aliphatic heterocycles. The Hall–Kier alpha value is -4.04. The number of Topliss-reactive ketones (excluding diaryl/α,β-unsaturated/α-hetero) is 1. The molecule has 216 valence electrons. The van der Waals surface area contributed by atoms with Gasteiger partial charge in [0, 0.05) is 41.2 Å². The molecular weight excluding hydrogens is 521 g/mol. The number of halogens is 1. The van der Waals surface area contributed by atoms with Gasteiger partial charge in [0.1, 0.15) is 11.6 Å². The third-order valence-electron chi connectivity index (χ3n) is 7.42. The molecule has 41 heavy (non-hydrogen) atoms. The SMILES string of the molecule is COc1ccccc1N(CCN1CCC(C(=O)c2ccc(F)cc2)CC1)C(=O)c1ccc(NC(=O)C(C)(C)C)cc1. The number of hydrogen-bond acceptors (Lipinski definition) is 5. The Morgan fingerprint density at radius 1 is 0.927 bits per heavy atom. The van der Waals surface area contributed by atoms with Gasteiger partial charge in [-0.2, -0.15) is 0 Å². The first-order valence-corrected chi connectivity index (χ1v) is 14.0. The molecule has 1 saturated heterocycles. The monoisotopic (exact) mass is 559 g/mol. The quantitative estimate of drug-likeness (QED) is 0.323.